The summed E-state index contributed by atoms with van der Waals surface area (Å²) < 4.78 is 10.4. The molecule has 0 saturated heterocycles. The van der Waals surface area contributed by atoms with E-state index in [1.54, 1.807) is 13.8 Å². The van der Waals surface area contributed by atoms with Gasteiger partial charge in [-0.3, -0.25) is 9.59 Å². The molecule has 0 radical (unpaired) electrons. The maximum Gasteiger partial charge on any atom is 0.327 e. The molecule has 0 bridgehead atoms. The third-order valence-corrected chi connectivity index (χ3v) is 4.51. The van der Waals surface area contributed by atoms with Gasteiger partial charge in [-0.05, 0) is 44.9 Å². The summed E-state index contributed by atoms with van der Waals surface area (Å²) in [7, 11) is 0. The first-order valence-corrected chi connectivity index (χ1v) is 8.68. The number of carbonyl (C=O) groups excluding carboxylic acids is 2. The smallest absolute Gasteiger partial charge is 0.327 e. The van der Waals surface area contributed by atoms with Gasteiger partial charge in [0.15, 0.2) is 5.41 Å². The molecule has 5 heteroatoms. The Morgan fingerprint density at radius 2 is 1.74 bits per heavy atom. The summed E-state index contributed by atoms with van der Waals surface area (Å²) in [5, 5.41) is 9.91. The van der Waals surface area contributed by atoms with Crippen LogP contribution in [0.3, 0.4) is 0 Å². The lowest BCUT2D eigenvalue weighted by Crippen LogP contribution is -2.47. The van der Waals surface area contributed by atoms with Gasteiger partial charge in [0.05, 0.1) is 25.2 Å². The molecule has 23 heavy (non-hydrogen) atoms. The van der Waals surface area contributed by atoms with Gasteiger partial charge >= 0.3 is 11.9 Å². The normalized spacial score (nSPS) is 19.0. The first kappa shape index (κ1) is 19.5. The van der Waals surface area contributed by atoms with Crippen LogP contribution in [0.15, 0.2) is 0 Å². The number of ether oxygens (including phenoxy) is 2. The summed E-state index contributed by atoms with van der Waals surface area (Å²) in [4.78, 5) is 25.3. The molecule has 0 aromatic heterocycles. The number of hydrogen-bond acceptors (Lipinski definition) is 5. The van der Waals surface area contributed by atoms with E-state index in [4.69, 9.17) is 9.47 Å². The molecule has 0 heterocycles. The van der Waals surface area contributed by atoms with E-state index in [0.29, 0.717) is 6.42 Å². The van der Waals surface area contributed by atoms with Crippen molar-refractivity contribution in [2.24, 2.45) is 23.2 Å². The van der Waals surface area contributed by atoms with Crippen LogP contribution in [-0.4, -0.2) is 25.2 Å². The van der Waals surface area contributed by atoms with Crippen LogP contribution in [0.5, 0.6) is 0 Å². The Balaban J connectivity index is 3.31. The highest BCUT2D eigenvalue weighted by Crippen LogP contribution is 2.46. The minimum atomic E-state index is -1.45. The summed E-state index contributed by atoms with van der Waals surface area (Å²) in [6, 6.07) is 2.17. The van der Waals surface area contributed by atoms with E-state index in [1.807, 2.05) is 13.8 Å². The number of carbonyl (C=O) groups is 2. The van der Waals surface area contributed by atoms with E-state index >= 15 is 0 Å². The molecule has 0 aromatic carbocycles. The quantitative estimate of drug-likeness (QED) is 0.639. The van der Waals surface area contributed by atoms with E-state index in [0.717, 1.165) is 25.7 Å². The molecule has 1 aliphatic carbocycles. The van der Waals surface area contributed by atoms with E-state index in [-0.39, 0.29) is 25.0 Å². The van der Waals surface area contributed by atoms with Gasteiger partial charge in [-0.1, -0.05) is 26.7 Å². The number of rotatable bonds is 8. The molecule has 5 nitrogen and oxygen atoms in total. The number of hydrogen-bond donors (Lipinski definition) is 0. The first-order chi connectivity index (χ1) is 10.9. The van der Waals surface area contributed by atoms with Crippen molar-refractivity contribution in [1.82, 2.24) is 0 Å². The predicted molar refractivity (Wildman–Crippen MR) is 86.2 cm³/mol. The molecule has 2 unspecified atom stereocenters. The third-order valence-electron chi connectivity index (χ3n) is 4.51. The molecule has 0 aliphatic heterocycles. The van der Waals surface area contributed by atoms with Crippen LogP contribution < -0.4 is 0 Å². The lowest BCUT2D eigenvalue weighted by atomic mass is 9.65. The fourth-order valence-electron chi connectivity index (χ4n) is 3.72. The molecule has 0 N–H and O–H groups in total. The fraction of sp³-hybridized carbons (Fsp3) is 0.833. The van der Waals surface area contributed by atoms with Gasteiger partial charge in [-0.25, -0.2) is 0 Å². The molecule has 0 amide bonds. The van der Waals surface area contributed by atoms with Gasteiger partial charge in [-0.2, -0.15) is 5.26 Å². The largest absolute Gasteiger partial charge is 0.466 e. The highest BCUT2D eigenvalue weighted by Gasteiger charge is 2.55. The van der Waals surface area contributed by atoms with Crippen LogP contribution in [-0.2, 0) is 19.1 Å². The summed E-state index contributed by atoms with van der Waals surface area (Å²) in [5.41, 5.74) is -1.45. The molecular formula is C18H29NO4. The Morgan fingerprint density at radius 1 is 1.17 bits per heavy atom. The van der Waals surface area contributed by atoms with Crippen molar-refractivity contribution in [1.29, 1.82) is 5.26 Å². The van der Waals surface area contributed by atoms with Crippen molar-refractivity contribution < 1.29 is 19.1 Å². The number of nitriles is 1. The lowest BCUT2D eigenvalue weighted by molar-refractivity contribution is -0.169. The van der Waals surface area contributed by atoms with Crippen molar-refractivity contribution in [2.45, 2.75) is 59.8 Å². The Labute approximate surface area is 139 Å². The van der Waals surface area contributed by atoms with Crippen molar-refractivity contribution in [2.75, 3.05) is 13.2 Å². The second-order valence-corrected chi connectivity index (χ2v) is 6.68. The SMILES string of the molecule is CCOC(=O)C(C1CCCC1)C(C#N)(CC(C)C)C(=O)OCC. The maximum atomic E-state index is 12.7. The van der Waals surface area contributed by atoms with Crippen LogP contribution >= 0.6 is 0 Å². The Hall–Kier alpha value is -1.57. The molecule has 1 aliphatic rings. The molecule has 130 valence electrons. The molecule has 0 spiro atoms. The summed E-state index contributed by atoms with van der Waals surface area (Å²) in [5.74, 6) is -1.65. The van der Waals surface area contributed by atoms with Crippen LogP contribution in [0.25, 0.3) is 0 Å². The number of nitrogens with zero attached hydrogens (tertiary/aromatic N) is 1. The minimum absolute atomic E-state index is 0.0110. The average Bonchev–Trinajstić information content (AvgIpc) is 3.00. The topological polar surface area (TPSA) is 76.4 Å². The Morgan fingerprint density at radius 3 is 2.17 bits per heavy atom. The molecule has 1 saturated carbocycles. The standard InChI is InChI=1S/C18H29NO4/c1-5-22-16(20)15(14-9-7-8-10-14)18(12-19,11-13(3)4)17(21)23-6-2/h13-15H,5-11H2,1-4H3. The van der Waals surface area contributed by atoms with E-state index in [2.05, 4.69) is 6.07 Å². The Kier molecular flexibility index (Phi) is 7.54. The highest BCUT2D eigenvalue weighted by molar-refractivity contribution is 5.88. The zero-order valence-corrected chi connectivity index (χ0v) is 14.8. The summed E-state index contributed by atoms with van der Waals surface area (Å²) >= 11 is 0. The fourth-order valence-corrected chi connectivity index (χ4v) is 3.72. The average molecular weight is 323 g/mol. The van der Waals surface area contributed by atoms with Crippen molar-refractivity contribution in [3.05, 3.63) is 0 Å². The van der Waals surface area contributed by atoms with Crippen LogP contribution in [0, 0.1) is 34.5 Å². The van der Waals surface area contributed by atoms with Crippen molar-refractivity contribution in [3.63, 3.8) is 0 Å². The first-order valence-electron chi connectivity index (χ1n) is 8.68. The van der Waals surface area contributed by atoms with Crippen LogP contribution in [0.4, 0.5) is 0 Å². The van der Waals surface area contributed by atoms with Gasteiger partial charge < -0.3 is 9.47 Å². The van der Waals surface area contributed by atoms with Crippen LogP contribution in [0.1, 0.15) is 59.8 Å². The maximum absolute atomic E-state index is 12.7. The third kappa shape index (κ3) is 4.46. The van der Waals surface area contributed by atoms with Gasteiger partial charge in [-0.15, -0.1) is 0 Å². The molecule has 2 atom stereocenters. The van der Waals surface area contributed by atoms with E-state index < -0.39 is 23.3 Å². The lowest BCUT2D eigenvalue weighted by Gasteiger charge is -2.36. The van der Waals surface area contributed by atoms with E-state index in [9.17, 15) is 14.9 Å². The molecule has 1 fully saturated rings. The highest BCUT2D eigenvalue weighted by atomic mass is 16.5. The monoisotopic (exact) mass is 323 g/mol. The van der Waals surface area contributed by atoms with Gasteiger partial charge in [0.1, 0.15) is 0 Å². The van der Waals surface area contributed by atoms with Crippen molar-refractivity contribution in [3.8, 4) is 6.07 Å². The zero-order valence-electron chi connectivity index (χ0n) is 14.8. The summed E-state index contributed by atoms with van der Waals surface area (Å²) in [6.45, 7) is 7.79. The molecule has 0 aromatic rings. The molecule has 1 rings (SSSR count). The Bertz CT molecular complexity index is 448. The van der Waals surface area contributed by atoms with Gasteiger partial charge in [0, 0.05) is 0 Å². The summed E-state index contributed by atoms with van der Waals surface area (Å²) in [6.07, 6.45) is 4.05. The zero-order chi connectivity index (χ0) is 17.5. The molecular weight excluding hydrogens is 294 g/mol. The second kappa shape index (κ2) is 8.90. The predicted octanol–water partition coefficient (Wildman–Crippen LogP) is 3.48. The van der Waals surface area contributed by atoms with Crippen LogP contribution in [0.2, 0.25) is 0 Å². The second-order valence-electron chi connectivity index (χ2n) is 6.68. The van der Waals surface area contributed by atoms with Gasteiger partial charge in [0.25, 0.3) is 0 Å². The van der Waals surface area contributed by atoms with Gasteiger partial charge in [0.2, 0.25) is 0 Å². The minimum Gasteiger partial charge on any atom is -0.466 e. The van der Waals surface area contributed by atoms with Crippen molar-refractivity contribution >= 4 is 11.9 Å². The van der Waals surface area contributed by atoms with E-state index in [1.165, 1.54) is 0 Å². The number of esters is 2.